The van der Waals surface area contributed by atoms with Gasteiger partial charge in [-0.15, -0.1) is 0 Å². The summed E-state index contributed by atoms with van der Waals surface area (Å²) < 4.78 is 5.23. The number of carbonyl (C=O) groups excluding carboxylic acids is 1. The van der Waals surface area contributed by atoms with Crippen LogP contribution in [0.25, 0.3) is 11.3 Å². The van der Waals surface area contributed by atoms with E-state index in [0.717, 1.165) is 28.3 Å². The first-order valence-electron chi connectivity index (χ1n) is 8.23. The molecule has 0 fully saturated rings. The van der Waals surface area contributed by atoms with Crippen LogP contribution in [-0.2, 0) is 0 Å². The molecule has 3 aromatic carbocycles. The molecule has 0 aliphatic heterocycles. The molecule has 0 amide bonds. The van der Waals surface area contributed by atoms with E-state index >= 15 is 0 Å². The van der Waals surface area contributed by atoms with Crippen LogP contribution in [0.1, 0.15) is 21.5 Å². The quantitative estimate of drug-likeness (QED) is 0.664. The van der Waals surface area contributed by atoms with Crippen LogP contribution in [0.2, 0.25) is 5.02 Å². The molecule has 4 rings (SSSR count). The molecular weight excluding hydrogens is 346 g/mol. The number of anilines is 1. The van der Waals surface area contributed by atoms with Crippen molar-refractivity contribution in [2.45, 2.75) is 0 Å². The molecule has 0 atom stereocenters. The van der Waals surface area contributed by atoms with Gasteiger partial charge in [0.1, 0.15) is 5.75 Å². The number of nitrogens with one attached hydrogen (secondary N) is 1. The van der Waals surface area contributed by atoms with Gasteiger partial charge in [0.05, 0.1) is 18.4 Å². The maximum absolute atomic E-state index is 13.1. The van der Waals surface area contributed by atoms with Crippen LogP contribution >= 0.6 is 11.6 Å². The molecule has 4 heteroatoms. The van der Waals surface area contributed by atoms with Crippen LogP contribution in [0.4, 0.5) is 5.69 Å². The van der Waals surface area contributed by atoms with E-state index in [9.17, 15) is 4.79 Å². The van der Waals surface area contributed by atoms with E-state index in [1.165, 1.54) is 0 Å². The van der Waals surface area contributed by atoms with Crippen molar-refractivity contribution >= 4 is 34.3 Å². The molecule has 0 bridgehead atoms. The van der Waals surface area contributed by atoms with Crippen molar-refractivity contribution in [2.75, 3.05) is 12.4 Å². The molecule has 0 saturated carbocycles. The molecule has 3 aromatic rings. The van der Waals surface area contributed by atoms with E-state index in [0.29, 0.717) is 16.2 Å². The summed E-state index contributed by atoms with van der Waals surface area (Å²) in [6, 6.07) is 22.6. The van der Waals surface area contributed by atoms with Gasteiger partial charge in [-0.1, -0.05) is 48.0 Å². The van der Waals surface area contributed by atoms with Crippen LogP contribution in [-0.4, -0.2) is 12.9 Å². The maximum Gasteiger partial charge on any atom is 0.196 e. The zero-order chi connectivity index (χ0) is 18.1. The number of fused-ring (bicyclic) bond motifs is 1. The lowest BCUT2D eigenvalue weighted by atomic mass is 10.0. The van der Waals surface area contributed by atoms with E-state index in [1.807, 2.05) is 72.8 Å². The lowest BCUT2D eigenvalue weighted by molar-refractivity contribution is 0.105. The number of rotatable bonds is 4. The van der Waals surface area contributed by atoms with Gasteiger partial charge in [-0.2, -0.15) is 0 Å². The monoisotopic (exact) mass is 361 g/mol. The fourth-order valence-electron chi connectivity index (χ4n) is 3.12. The summed E-state index contributed by atoms with van der Waals surface area (Å²) in [7, 11) is 1.62. The number of allylic oxidation sites excluding steroid dienone is 1. The minimum absolute atomic E-state index is 0.0160. The fourth-order valence-corrected chi connectivity index (χ4v) is 3.25. The Morgan fingerprint density at radius 1 is 0.846 bits per heavy atom. The molecule has 0 heterocycles. The summed E-state index contributed by atoms with van der Waals surface area (Å²) in [4.78, 5) is 13.1. The second-order valence-corrected chi connectivity index (χ2v) is 6.42. The minimum Gasteiger partial charge on any atom is -0.497 e. The van der Waals surface area contributed by atoms with Gasteiger partial charge in [0.2, 0.25) is 0 Å². The number of carbonyl (C=O) groups is 1. The first-order valence-corrected chi connectivity index (χ1v) is 8.60. The third-order valence-electron chi connectivity index (χ3n) is 4.41. The third-order valence-corrected chi connectivity index (χ3v) is 4.66. The Labute approximate surface area is 156 Å². The first kappa shape index (κ1) is 16.4. The summed E-state index contributed by atoms with van der Waals surface area (Å²) in [5.41, 5.74) is 4.79. The highest BCUT2D eigenvalue weighted by Crippen LogP contribution is 2.39. The molecule has 0 unspecified atom stereocenters. The van der Waals surface area contributed by atoms with Crippen molar-refractivity contribution in [3.63, 3.8) is 0 Å². The number of ketones is 1. The van der Waals surface area contributed by atoms with Crippen LogP contribution in [0.15, 0.2) is 72.8 Å². The van der Waals surface area contributed by atoms with Gasteiger partial charge < -0.3 is 10.1 Å². The first-order chi connectivity index (χ1) is 12.7. The Morgan fingerprint density at radius 3 is 2.15 bits per heavy atom. The predicted octanol–water partition coefficient (Wildman–Crippen LogP) is 5.53. The predicted molar refractivity (Wildman–Crippen MR) is 106 cm³/mol. The average molecular weight is 362 g/mol. The van der Waals surface area contributed by atoms with Gasteiger partial charge in [0.15, 0.2) is 5.78 Å². The van der Waals surface area contributed by atoms with Crippen molar-refractivity contribution in [1.29, 1.82) is 0 Å². The Bertz CT molecular complexity index is 1010. The van der Waals surface area contributed by atoms with E-state index in [1.54, 1.807) is 7.11 Å². The molecule has 0 saturated heterocycles. The molecule has 0 spiro atoms. The van der Waals surface area contributed by atoms with Crippen molar-refractivity contribution in [2.24, 2.45) is 0 Å². The highest BCUT2D eigenvalue weighted by Gasteiger charge is 2.30. The lowest BCUT2D eigenvalue weighted by Gasteiger charge is -2.12. The van der Waals surface area contributed by atoms with Gasteiger partial charge in [-0.05, 0) is 42.0 Å². The Kier molecular flexibility index (Phi) is 4.23. The molecule has 3 nitrogen and oxygen atoms in total. The number of benzene rings is 3. The van der Waals surface area contributed by atoms with Crippen molar-refractivity contribution in [3.8, 4) is 5.75 Å². The normalized spacial score (nSPS) is 12.9. The maximum atomic E-state index is 13.1. The highest BCUT2D eigenvalue weighted by molar-refractivity contribution is 6.40. The number of methoxy groups -OCH3 is 1. The summed E-state index contributed by atoms with van der Waals surface area (Å²) >= 11 is 5.98. The van der Waals surface area contributed by atoms with E-state index in [4.69, 9.17) is 16.3 Å². The topological polar surface area (TPSA) is 38.3 Å². The van der Waals surface area contributed by atoms with Gasteiger partial charge in [0.25, 0.3) is 0 Å². The molecule has 1 aliphatic carbocycles. The van der Waals surface area contributed by atoms with Crippen molar-refractivity contribution in [3.05, 3.63) is 94.5 Å². The molecule has 0 radical (unpaired) electrons. The Balaban J connectivity index is 1.84. The zero-order valence-electron chi connectivity index (χ0n) is 14.1. The molecular formula is C22H16ClNO2. The van der Waals surface area contributed by atoms with Crippen molar-refractivity contribution < 1.29 is 9.53 Å². The second-order valence-electron chi connectivity index (χ2n) is 5.99. The average Bonchev–Trinajstić information content (AvgIpc) is 2.96. The van der Waals surface area contributed by atoms with Gasteiger partial charge >= 0.3 is 0 Å². The summed E-state index contributed by atoms with van der Waals surface area (Å²) in [5.74, 6) is 0.770. The Hall–Kier alpha value is -3.04. The number of ether oxygens (including phenoxy) is 1. The standard InChI is InChI=1S/C22H16ClNO2/c1-26-17-12-6-14(7-13-17)20-21(24-16-10-8-15(23)9-11-16)18-4-2-3-5-19(18)22(20)25/h2-13,24H,1H3. The number of hydrogen-bond acceptors (Lipinski definition) is 3. The third kappa shape index (κ3) is 2.87. The molecule has 26 heavy (non-hydrogen) atoms. The summed E-state index contributed by atoms with van der Waals surface area (Å²) in [6.07, 6.45) is 0. The fraction of sp³-hybridized carbons (Fsp3) is 0.0455. The van der Waals surface area contributed by atoms with E-state index < -0.39 is 0 Å². The largest absolute Gasteiger partial charge is 0.497 e. The molecule has 1 N–H and O–H groups in total. The number of hydrogen-bond donors (Lipinski definition) is 1. The van der Waals surface area contributed by atoms with Crippen LogP contribution in [0.3, 0.4) is 0 Å². The smallest absolute Gasteiger partial charge is 0.196 e. The van der Waals surface area contributed by atoms with Crippen molar-refractivity contribution in [1.82, 2.24) is 0 Å². The molecule has 128 valence electrons. The van der Waals surface area contributed by atoms with Crippen LogP contribution in [0, 0.1) is 0 Å². The number of Topliss-reactive ketones (excluding diaryl/α,β-unsaturated/α-hetero) is 1. The summed E-state index contributed by atoms with van der Waals surface area (Å²) in [5, 5.41) is 4.07. The minimum atomic E-state index is 0.0160. The van der Waals surface area contributed by atoms with Gasteiger partial charge in [0, 0.05) is 21.8 Å². The lowest BCUT2D eigenvalue weighted by Crippen LogP contribution is -2.01. The summed E-state index contributed by atoms with van der Waals surface area (Å²) in [6.45, 7) is 0. The van der Waals surface area contributed by atoms with E-state index in [2.05, 4.69) is 5.32 Å². The van der Waals surface area contributed by atoms with Gasteiger partial charge in [-0.3, -0.25) is 4.79 Å². The van der Waals surface area contributed by atoms with Gasteiger partial charge in [-0.25, -0.2) is 0 Å². The highest BCUT2D eigenvalue weighted by atomic mass is 35.5. The van der Waals surface area contributed by atoms with Crippen LogP contribution in [0.5, 0.6) is 5.75 Å². The second kappa shape index (κ2) is 6.70. The van der Waals surface area contributed by atoms with Crippen LogP contribution < -0.4 is 10.1 Å². The Morgan fingerprint density at radius 2 is 1.50 bits per heavy atom. The number of halogens is 1. The van der Waals surface area contributed by atoms with E-state index in [-0.39, 0.29) is 5.78 Å². The molecule has 0 aromatic heterocycles. The molecule has 1 aliphatic rings. The zero-order valence-corrected chi connectivity index (χ0v) is 14.9. The SMILES string of the molecule is COc1ccc(C2=C(Nc3ccc(Cl)cc3)c3ccccc3C2=O)cc1.